The van der Waals surface area contributed by atoms with Crippen molar-refractivity contribution in [3.8, 4) is 5.75 Å². The number of benzene rings is 1. The Morgan fingerprint density at radius 3 is 2.14 bits per heavy atom. The minimum Gasteiger partial charge on any atom is -0.406 e. The summed E-state index contributed by atoms with van der Waals surface area (Å²) in [4.78, 5) is 0. The predicted octanol–water partition coefficient (Wildman–Crippen LogP) is 4.54. The fourth-order valence-corrected chi connectivity index (χ4v) is 2.06. The highest BCUT2D eigenvalue weighted by atomic mass is 19.4. The summed E-state index contributed by atoms with van der Waals surface area (Å²) in [6.07, 6.45) is -2.83. The van der Waals surface area contributed by atoms with E-state index >= 15 is 0 Å². The maximum Gasteiger partial charge on any atom is 0.573 e. The number of alkyl halides is 3. The molecule has 21 heavy (non-hydrogen) atoms. The van der Waals surface area contributed by atoms with Gasteiger partial charge in [0, 0.05) is 12.6 Å². The number of hydrogen-bond acceptors (Lipinski definition) is 2. The Morgan fingerprint density at radius 1 is 1.14 bits per heavy atom. The largest absolute Gasteiger partial charge is 0.573 e. The van der Waals surface area contributed by atoms with E-state index in [4.69, 9.17) is 0 Å². The lowest BCUT2D eigenvalue weighted by molar-refractivity contribution is -0.274. The first-order valence-electron chi connectivity index (χ1n) is 7.21. The Kier molecular flexibility index (Phi) is 6.08. The molecule has 1 aromatic rings. The third kappa shape index (κ3) is 6.85. The average molecular weight is 303 g/mol. The van der Waals surface area contributed by atoms with E-state index in [1.807, 2.05) is 0 Å². The monoisotopic (exact) mass is 303 g/mol. The van der Waals surface area contributed by atoms with Gasteiger partial charge in [0.2, 0.25) is 0 Å². The molecule has 120 valence electrons. The average Bonchev–Trinajstić information content (AvgIpc) is 2.37. The molecule has 0 spiro atoms. The van der Waals surface area contributed by atoms with Gasteiger partial charge < -0.3 is 10.1 Å². The van der Waals surface area contributed by atoms with Gasteiger partial charge in [-0.25, -0.2) is 0 Å². The molecule has 0 radical (unpaired) electrons. The summed E-state index contributed by atoms with van der Waals surface area (Å²) in [6.45, 7) is 9.38. The summed E-state index contributed by atoms with van der Waals surface area (Å²) in [7, 11) is 0. The van der Waals surface area contributed by atoms with Gasteiger partial charge in [-0.1, -0.05) is 39.8 Å². The fourth-order valence-electron chi connectivity index (χ4n) is 2.06. The highest BCUT2D eigenvalue weighted by Crippen LogP contribution is 2.28. The molecular weight excluding hydrogens is 279 g/mol. The number of rotatable bonds is 7. The van der Waals surface area contributed by atoms with Crippen LogP contribution in [0.5, 0.6) is 5.75 Å². The van der Waals surface area contributed by atoms with E-state index in [0.717, 1.165) is 24.9 Å². The van der Waals surface area contributed by atoms with Gasteiger partial charge in [0.15, 0.2) is 0 Å². The van der Waals surface area contributed by atoms with Crippen molar-refractivity contribution in [3.05, 3.63) is 29.8 Å². The van der Waals surface area contributed by atoms with Gasteiger partial charge in [-0.2, -0.15) is 0 Å². The van der Waals surface area contributed by atoms with Crippen molar-refractivity contribution in [1.82, 2.24) is 5.32 Å². The second kappa shape index (κ2) is 7.16. The zero-order valence-corrected chi connectivity index (χ0v) is 13.1. The molecule has 0 aromatic heterocycles. The predicted molar refractivity (Wildman–Crippen MR) is 78.4 cm³/mol. The van der Waals surface area contributed by atoms with Gasteiger partial charge in [0.25, 0.3) is 0 Å². The summed E-state index contributed by atoms with van der Waals surface area (Å²) in [5, 5.41) is 3.43. The summed E-state index contributed by atoms with van der Waals surface area (Å²) < 4.78 is 40.2. The lowest BCUT2D eigenvalue weighted by Crippen LogP contribution is -2.36. The van der Waals surface area contributed by atoms with Crippen molar-refractivity contribution < 1.29 is 17.9 Å². The number of nitrogens with one attached hydrogen (secondary N) is 1. The number of halogens is 3. The molecule has 0 aliphatic carbocycles. The molecule has 1 rings (SSSR count). The molecule has 0 amide bonds. The highest BCUT2D eigenvalue weighted by Gasteiger charge is 2.31. The van der Waals surface area contributed by atoms with Crippen LogP contribution < -0.4 is 10.1 Å². The lowest BCUT2D eigenvalue weighted by Gasteiger charge is -2.30. The van der Waals surface area contributed by atoms with E-state index in [-0.39, 0.29) is 11.2 Å². The van der Waals surface area contributed by atoms with Gasteiger partial charge in [-0.15, -0.1) is 13.2 Å². The van der Waals surface area contributed by atoms with E-state index in [2.05, 4.69) is 37.7 Å². The van der Waals surface area contributed by atoms with Crippen LogP contribution >= 0.6 is 0 Å². The second-order valence-corrected chi connectivity index (χ2v) is 6.07. The first-order valence-corrected chi connectivity index (χ1v) is 7.21. The molecule has 5 heteroatoms. The first-order chi connectivity index (χ1) is 9.63. The molecule has 0 aliphatic heterocycles. The third-order valence-corrected chi connectivity index (χ3v) is 3.58. The van der Waals surface area contributed by atoms with Crippen LogP contribution in [0.1, 0.15) is 39.7 Å². The topological polar surface area (TPSA) is 21.3 Å². The number of ether oxygens (including phenoxy) is 1. The number of hydrogen-bond donors (Lipinski definition) is 1. The van der Waals surface area contributed by atoms with E-state index in [1.165, 1.54) is 12.1 Å². The van der Waals surface area contributed by atoms with Crippen molar-refractivity contribution in [2.24, 2.45) is 5.41 Å². The minimum absolute atomic E-state index is 0.0800. The lowest BCUT2D eigenvalue weighted by atomic mass is 9.81. The SMILES string of the molecule is CCC(C)(CNC(C)C)Cc1ccc(OC(F)(F)F)cc1. The molecule has 1 atom stereocenters. The van der Waals surface area contributed by atoms with Crippen molar-refractivity contribution in [1.29, 1.82) is 0 Å². The summed E-state index contributed by atoms with van der Waals surface area (Å²) >= 11 is 0. The summed E-state index contributed by atoms with van der Waals surface area (Å²) in [5.74, 6) is -0.176. The maximum absolute atomic E-state index is 12.1. The van der Waals surface area contributed by atoms with Crippen molar-refractivity contribution in [2.75, 3.05) is 6.54 Å². The van der Waals surface area contributed by atoms with Gasteiger partial charge >= 0.3 is 6.36 Å². The smallest absolute Gasteiger partial charge is 0.406 e. The zero-order valence-electron chi connectivity index (χ0n) is 13.1. The van der Waals surface area contributed by atoms with Crippen LogP contribution in [0.4, 0.5) is 13.2 Å². The maximum atomic E-state index is 12.1. The van der Waals surface area contributed by atoms with E-state index in [1.54, 1.807) is 12.1 Å². The Labute approximate surface area is 124 Å². The molecule has 2 nitrogen and oxygen atoms in total. The standard InChI is InChI=1S/C16H24F3NO/c1-5-15(4,11-20-12(2)3)10-13-6-8-14(9-7-13)21-16(17,18)19/h6-9,12,20H,5,10-11H2,1-4H3. The van der Waals surface area contributed by atoms with Crippen LogP contribution in [0.25, 0.3) is 0 Å². The normalized spacial score (nSPS) is 15.0. The Morgan fingerprint density at radius 2 is 1.71 bits per heavy atom. The van der Waals surface area contributed by atoms with Crippen LogP contribution in [0.15, 0.2) is 24.3 Å². The molecule has 1 N–H and O–H groups in total. The fraction of sp³-hybridized carbons (Fsp3) is 0.625. The van der Waals surface area contributed by atoms with Crippen LogP contribution in [0.2, 0.25) is 0 Å². The quantitative estimate of drug-likeness (QED) is 0.798. The van der Waals surface area contributed by atoms with Gasteiger partial charge in [-0.05, 0) is 36.0 Å². The van der Waals surface area contributed by atoms with E-state index < -0.39 is 6.36 Å². The van der Waals surface area contributed by atoms with Crippen molar-refractivity contribution in [2.45, 2.75) is 52.9 Å². The van der Waals surface area contributed by atoms with Gasteiger partial charge in [0.05, 0.1) is 0 Å². The molecule has 0 aliphatic rings. The zero-order chi connectivity index (χ0) is 16.1. The van der Waals surface area contributed by atoms with Crippen LogP contribution in [-0.2, 0) is 6.42 Å². The molecule has 0 heterocycles. The molecule has 0 saturated carbocycles. The van der Waals surface area contributed by atoms with Crippen molar-refractivity contribution >= 4 is 0 Å². The Hall–Kier alpha value is -1.23. The van der Waals surface area contributed by atoms with Gasteiger partial charge in [0.1, 0.15) is 5.75 Å². The van der Waals surface area contributed by atoms with E-state index in [0.29, 0.717) is 6.04 Å². The van der Waals surface area contributed by atoms with Crippen LogP contribution in [0.3, 0.4) is 0 Å². The Bertz CT molecular complexity index is 428. The minimum atomic E-state index is -4.64. The van der Waals surface area contributed by atoms with E-state index in [9.17, 15) is 13.2 Å². The molecule has 1 aromatic carbocycles. The molecule has 1 unspecified atom stereocenters. The van der Waals surface area contributed by atoms with Crippen LogP contribution in [0, 0.1) is 5.41 Å². The first kappa shape index (κ1) is 17.8. The summed E-state index contributed by atoms with van der Waals surface area (Å²) in [5.41, 5.74) is 1.09. The molecule has 0 bridgehead atoms. The second-order valence-electron chi connectivity index (χ2n) is 6.07. The molecule has 0 saturated heterocycles. The van der Waals surface area contributed by atoms with Gasteiger partial charge in [-0.3, -0.25) is 0 Å². The molecule has 0 fully saturated rings. The summed E-state index contributed by atoms with van der Waals surface area (Å²) in [6, 6.07) is 6.55. The molecular formula is C16H24F3NO. The highest BCUT2D eigenvalue weighted by molar-refractivity contribution is 5.28. The van der Waals surface area contributed by atoms with Crippen molar-refractivity contribution in [3.63, 3.8) is 0 Å². The Balaban J connectivity index is 2.68. The third-order valence-electron chi connectivity index (χ3n) is 3.58. The van der Waals surface area contributed by atoms with Crippen LogP contribution in [-0.4, -0.2) is 18.9 Å².